The Hall–Kier alpha value is -2.17. The van der Waals surface area contributed by atoms with Crippen LogP contribution < -0.4 is 4.90 Å². The average molecular weight is 244 g/mol. The fourth-order valence-electron chi connectivity index (χ4n) is 1.88. The SMILES string of the molecule is CC(=O)c1cccnc1N(C)Cc1cnn(C)c1. The van der Waals surface area contributed by atoms with Crippen LogP contribution in [0.4, 0.5) is 5.82 Å². The summed E-state index contributed by atoms with van der Waals surface area (Å²) in [6.45, 7) is 2.23. The summed E-state index contributed by atoms with van der Waals surface area (Å²) < 4.78 is 1.76. The lowest BCUT2D eigenvalue weighted by atomic mass is 10.2. The van der Waals surface area contributed by atoms with Crippen LogP contribution >= 0.6 is 0 Å². The number of carbonyl (C=O) groups is 1. The highest BCUT2D eigenvalue weighted by Gasteiger charge is 2.12. The minimum atomic E-state index is 0.0242. The standard InChI is InChI=1S/C13H16N4O/c1-10(18)12-5-4-6-14-13(12)16(2)8-11-7-15-17(3)9-11/h4-7,9H,8H2,1-3H3. The second-order valence-electron chi connectivity index (χ2n) is 4.31. The van der Waals surface area contributed by atoms with Crippen LogP contribution in [-0.4, -0.2) is 27.6 Å². The lowest BCUT2D eigenvalue weighted by Gasteiger charge is -2.19. The van der Waals surface area contributed by atoms with E-state index < -0.39 is 0 Å². The molecule has 0 amide bonds. The van der Waals surface area contributed by atoms with Crippen molar-refractivity contribution >= 4 is 11.6 Å². The summed E-state index contributed by atoms with van der Waals surface area (Å²) in [5.41, 5.74) is 1.73. The Bertz CT molecular complexity index is 562. The minimum Gasteiger partial charge on any atom is -0.355 e. The lowest BCUT2D eigenvalue weighted by molar-refractivity contribution is 0.101. The summed E-state index contributed by atoms with van der Waals surface area (Å²) in [5.74, 6) is 0.727. The van der Waals surface area contributed by atoms with E-state index >= 15 is 0 Å². The highest BCUT2D eigenvalue weighted by molar-refractivity contribution is 5.98. The zero-order chi connectivity index (χ0) is 13.1. The van der Waals surface area contributed by atoms with Crippen molar-refractivity contribution in [3.8, 4) is 0 Å². The summed E-state index contributed by atoms with van der Waals surface area (Å²) >= 11 is 0. The van der Waals surface area contributed by atoms with Crippen LogP contribution in [0.1, 0.15) is 22.8 Å². The van der Waals surface area contributed by atoms with E-state index in [4.69, 9.17) is 0 Å². The molecule has 2 heterocycles. The number of hydrogen-bond donors (Lipinski definition) is 0. The third-order valence-electron chi connectivity index (χ3n) is 2.71. The molecule has 18 heavy (non-hydrogen) atoms. The predicted molar refractivity (Wildman–Crippen MR) is 69.6 cm³/mol. The first-order valence-corrected chi connectivity index (χ1v) is 5.72. The Morgan fingerprint density at radius 2 is 2.28 bits per heavy atom. The molecule has 0 bridgehead atoms. The molecular formula is C13H16N4O. The van der Waals surface area contributed by atoms with Gasteiger partial charge >= 0.3 is 0 Å². The van der Waals surface area contributed by atoms with Crippen LogP contribution in [0.25, 0.3) is 0 Å². The van der Waals surface area contributed by atoms with Gasteiger partial charge in [-0.3, -0.25) is 9.48 Å². The van der Waals surface area contributed by atoms with Crippen molar-refractivity contribution in [2.75, 3.05) is 11.9 Å². The molecule has 0 aliphatic heterocycles. The quantitative estimate of drug-likeness (QED) is 0.767. The first-order valence-electron chi connectivity index (χ1n) is 5.72. The van der Waals surface area contributed by atoms with E-state index in [2.05, 4.69) is 10.1 Å². The van der Waals surface area contributed by atoms with Gasteiger partial charge in [-0.15, -0.1) is 0 Å². The van der Waals surface area contributed by atoms with Gasteiger partial charge in [-0.05, 0) is 19.1 Å². The fraction of sp³-hybridized carbons (Fsp3) is 0.308. The molecule has 2 rings (SSSR count). The van der Waals surface area contributed by atoms with Gasteiger partial charge in [0.15, 0.2) is 5.78 Å². The van der Waals surface area contributed by atoms with E-state index in [1.807, 2.05) is 31.4 Å². The molecule has 0 atom stereocenters. The first kappa shape index (κ1) is 12.3. The van der Waals surface area contributed by atoms with Crippen LogP contribution in [-0.2, 0) is 13.6 Å². The molecule has 0 unspecified atom stereocenters. The average Bonchev–Trinajstić information content (AvgIpc) is 2.74. The Balaban J connectivity index is 2.23. The number of aromatic nitrogens is 3. The lowest BCUT2D eigenvalue weighted by Crippen LogP contribution is -2.20. The van der Waals surface area contributed by atoms with Crippen LogP contribution in [0.2, 0.25) is 0 Å². The van der Waals surface area contributed by atoms with E-state index in [-0.39, 0.29) is 5.78 Å². The summed E-state index contributed by atoms with van der Waals surface area (Å²) in [4.78, 5) is 17.8. The third kappa shape index (κ3) is 2.56. The van der Waals surface area contributed by atoms with E-state index in [9.17, 15) is 4.79 Å². The molecule has 0 radical (unpaired) electrons. The van der Waals surface area contributed by atoms with Crippen molar-refractivity contribution in [3.63, 3.8) is 0 Å². The number of rotatable bonds is 4. The second kappa shape index (κ2) is 5.00. The number of Topliss-reactive ketones (excluding diaryl/α,β-unsaturated/α-hetero) is 1. The topological polar surface area (TPSA) is 51.0 Å². The second-order valence-corrected chi connectivity index (χ2v) is 4.31. The molecule has 0 spiro atoms. The number of hydrogen-bond acceptors (Lipinski definition) is 4. The molecule has 0 aliphatic carbocycles. The van der Waals surface area contributed by atoms with Crippen LogP contribution in [0.15, 0.2) is 30.7 Å². The van der Waals surface area contributed by atoms with Gasteiger partial charge in [0.2, 0.25) is 0 Å². The predicted octanol–water partition coefficient (Wildman–Crippen LogP) is 1.65. The Labute approximate surface area is 106 Å². The third-order valence-corrected chi connectivity index (χ3v) is 2.71. The number of anilines is 1. The number of ketones is 1. The van der Waals surface area contributed by atoms with Crippen molar-refractivity contribution in [3.05, 3.63) is 41.9 Å². The van der Waals surface area contributed by atoms with Gasteiger partial charge < -0.3 is 4.90 Å². The van der Waals surface area contributed by atoms with E-state index in [1.54, 1.807) is 29.9 Å². The van der Waals surface area contributed by atoms with Crippen molar-refractivity contribution in [2.45, 2.75) is 13.5 Å². The number of nitrogens with zero attached hydrogens (tertiary/aromatic N) is 4. The molecule has 5 heteroatoms. The molecule has 2 aromatic rings. The molecule has 0 aromatic carbocycles. The fourth-order valence-corrected chi connectivity index (χ4v) is 1.88. The van der Waals surface area contributed by atoms with Gasteiger partial charge in [-0.2, -0.15) is 5.10 Å². The number of pyridine rings is 1. The maximum Gasteiger partial charge on any atom is 0.163 e. The zero-order valence-corrected chi connectivity index (χ0v) is 10.8. The van der Waals surface area contributed by atoms with E-state index in [0.29, 0.717) is 17.9 Å². The first-order chi connectivity index (χ1) is 8.58. The van der Waals surface area contributed by atoms with Crippen molar-refractivity contribution in [1.29, 1.82) is 0 Å². The minimum absolute atomic E-state index is 0.0242. The maximum absolute atomic E-state index is 11.5. The van der Waals surface area contributed by atoms with Gasteiger partial charge in [0.25, 0.3) is 0 Å². The number of aryl methyl sites for hydroxylation is 1. The Kier molecular flexibility index (Phi) is 3.41. The van der Waals surface area contributed by atoms with Crippen molar-refractivity contribution in [1.82, 2.24) is 14.8 Å². The molecule has 0 aliphatic rings. The monoisotopic (exact) mass is 244 g/mol. The molecule has 0 saturated heterocycles. The van der Waals surface area contributed by atoms with Gasteiger partial charge in [0.1, 0.15) is 5.82 Å². The molecule has 94 valence electrons. The zero-order valence-electron chi connectivity index (χ0n) is 10.8. The summed E-state index contributed by atoms with van der Waals surface area (Å²) in [5, 5.41) is 4.12. The van der Waals surface area contributed by atoms with Crippen molar-refractivity contribution < 1.29 is 4.79 Å². The Morgan fingerprint density at radius 1 is 1.50 bits per heavy atom. The summed E-state index contributed by atoms with van der Waals surface area (Å²) in [7, 11) is 3.80. The number of carbonyl (C=O) groups excluding carboxylic acids is 1. The molecule has 0 fully saturated rings. The molecule has 0 saturated carbocycles. The molecular weight excluding hydrogens is 228 g/mol. The molecule has 0 N–H and O–H groups in total. The smallest absolute Gasteiger partial charge is 0.163 e. The van der Waals surface area contributed by atoms with Crippen LogP contribution in [0, 0.1) is 0 Å². The van der Waals surface area contributed by atoms with E-state index in [0.717, 1.165) is 5.56 Å². The largest absolute Gasteiger partial charge is 0.355 e. The van der Waals surface area contributed by atoms with E-state index in [1.165, 1.54) is 0 Å². The highest BCUT2D eigenvalue weighted by Crippen LogP contribution is 2.18. The van der Waals surface area contributed by atoms with Crippen LogP contribution in [0.3, 0.4) is 0 Å². The maximum atomic E-state index is 11.5. The molecule has 2 aromatic heterocycles. The van der Waals surface area contributed by atoms with Gasteiger partial charge in [-0.1, -0.05) is 0 Å². The van der Waals surface area contributed by atoms with Crippen LogP contribution in [0.5, 0.6) is 0 Å². The summed E-state index contributed by atoms with van der Waals surface area (Å²) in [6.07, 6.45) is 5.46. The highest BCUT2D eigenvalue weighted by atomic mass is 16.1. The summed E-state index contributed by atoms with van der Waals surface area (Å²) in [6, 6.07) is 3.57. The van der Waals surface area contributed by atoms with Gasteiger partial charge in [-0.25, -0.2) is 4.98 Å². The normalized spacial score (nSPS) is 10.4. The van der Waals surface area contributed by atoms with Gasteiger partial charge in [0.05, 0.1) is 11.8 Å². The Morgan fingerprint density at radius 3 is 2.89 bits per heavy atom. The molecule has 5 nitrogen and oxygen atoms in total. The van der Waals surface area contributed by atoms with Crippen molar-refractivity contribution in [2.24, 2.45) is 7.05 Å². The van der Waals surface area contributed by atoms with Gasteiger partial charge in [0, 0.05) is 38.6 Å².